The Kier molecular flexibility index (Phi) is 5.94. The molecule has 0 aliphatic heterocycles. The molecule has 0 aliphatic carbocycles. The number of aromatic nitrogens is 3. The lowest BCUT2D eigenvalue weighted by Gasteiger charge is -2.23. The number of nitrogens with one attached hydrogen (secondary N) is 1. The number of para-hydroxylation sites is 3. The van der Waals surface area contributed by atoms with E-state index in [0.717, 1.165) is 16.8 Å². The zero-order valence-electron chi connectivity index (χ0n) is 19.5. The van der Waals surface area contributed by atoms with Crippen molar-refractivity contribution in [3.8, 4) is 11.3 Å². The molecular weight excluding hydrogens is 436 g/mol. The second-order valence-electron chi connectivity index (χ2n) is 8.43. The van der Waals surface area contributed by atoms with Gasteiger partial charge in [0.25, 0.3) is 11.5 Å². The monoisotopic (exact) mass is 460 g/mol. The molecule has 0 aliphatic rings. The molecule has 35 heavy (non-hydrogen) atoms. The molecule has 2 aromatic heterocycles. The van der Waals surface area contributed by atoms with E-state index in [9.17, 15) is 9.59 Å². The van der Waals surface area contributed by atoms with Crippen LogP contribution < -0.4 is 10.9 Å². The van der Waals surface area contributed by atoms with Crippen LogP contribution in [0.3, 0.4) is 0 Å². The number of fused-ring (bicyclic) bond motifs is 1. The summed E-state index contributed by atoms with van der Waals surface area (Å²) in [5, 5.41) is 3.09. The van der Waals surface area contributed by atoms with Gasteiger partial charge in [0, 0.05) is 23.6 Å². The van der Waals surface area contributed by atoms with Crippen molar-refractivity contribution in [1.82, 2.24) is 14.5 Å². The number of benzene rings is 3. The van der Waals surface area contributed by atoms with Crippen molar-refractivity contribution >= 4 is 22.6 Å². The first-order valence-electron chi connectivity index (χ1n) is 11.4. The SMILES string of the molecule is Cc1cccc(C)c1NC(=O)C(c1ccncc1)n1c(=O)c(-c2ccccc2)nc2ccccc21. The Morgan fingerprint density at radius 2 is 1.49 bits per heavy atom. The molecule has 6 nitrogen and oxygen atoms in total. The molecule has 0 saturated heterocycles. The third kappa shape index (κ3) is 4.22. The second kappa shape index (κ2) is 9.35. The van der Waals surface area contributed by atoms with Crippen LogP contribution in [0.5, 0.6) is 0 Å². The molecule has 3 aromatic carbocycles. The number of hydrogen-bond donors (Lipinski definition) is 1. The first kappa shape index (κ1) is 22.2. The maximum absolute atomic E-state index is 14.0. The van der Waals surface area contributed by atoms with Gasteiger partial charge in [-0.05, 0) is 54.8 Å². The lowest BCUT2D eigenvalue weighted by atomic mass is 10.0. The van der Waals surface area contributed by atoms with Crippen molar-refractivity contribution in [3.63, 3.8) is 0 Å². The van der Waals surface area contributed by atoms with Gasteiger partial charge >= 0.3 is 0 Å². The number of aryl methyl sites for hydroxylation is 2. The third-order valence-corrected chi connectivity index (χ3v) is 6.10. The topological polar surface area (TPSA) is 76.9 Å². The Hall–Kier alpha value is -4.58. The second-order valence-corrected chi connectivity index (χ2v) is 8.43. The van der Waals surface area contributed by atoms with Gasteiger partial charge in [0.1, 0.15) is 11.7 Å². The summed E-state index contributed by atoms with van der Waals surface area (Å²) in [4.78, 5) is 36.7. The van der Waals surface area contributed by atoms with Crippen LogP contribution in [0, 0.1) is 13.8 Å². The van der Waals surface area contributed by atoms with E-state index < -0.39 is 6.04 Å². The lowest BCUT2D eigenvalue weighted by Crippen LogP contribution is -2.36. The average molecular weight is 461 g/mol. The van der Waals surface area contributed by atoms with Gasteiger partial charge in [0.05, 0.1) is 11.0 Å². The Balaban J connectivity index is 1.77. The van der Waals surface area contributed by atoms with Crippen LogP contribution in [0.1, 0.15) is 22.7 Å². The van der Waals surface area contributed by atoms with E-state index in [0.29, 0.717) is 27.9 Å². The minimum absolute atomic E-state index is 0.295. The number of amides is 1. The van der Waals surface area contributed by atoms with Crippen LogP contribution in [0.2, 0.25) is 0 Å². The molecule has 5 rings (SSSR count). The zero-order valence-corrected chi connectivity index (χ0v) is 19.5. The smallest absolute Gasteiger partial charge is 0.278 e. The molecule has 1 unspecified atom stereocenters. The normalized spacial score (nSPS) is 11.8. The largest absolute Gasteiger partial charge is 0.323 e. The Bertz CT molecular complexity index is 1560. The Morgan fingerprint density at radius 1 is 0.829 bits per heavy atom. The molecule has 0 bridgehead atoms. The standard InChI is InChI=1S/C29H24N4O2/c1-19-9-8-10-20(2)25(19)32-28(34)27(22-15-17-30-18-16-22)33-24-14-7-6-13-23(24)31-26(29(33)35)21-11-4-3-5-12-21/h3-18,27H,1-2H3,(H,32,34). The molecule has 1 amide bonds. The fourth-order valence-corrected chi connectivity index (χ4v) is 4.36. The molecule has 172 valence electrons. The van der Waals surface area contributed by atoms with E-state index in [2.05, 4.69) is 15.3 Å². The first-order valence-corrected chi connectivity index (χ1v) is 11.4. The molecule has 1 atom stereocenters. The summed E-state index contributed by atoms with van der Waals surface area (Å²) in [7, 11) is 0. The fraction of sp³-hybridized carbons (Fsp3) is 0.103. The minimum atomic E-state index is -0.931. The number of nitrogens with zero attached hydrogens (tertiary/aromatic N) is 3. The maximum Gasteiger partial charge on any atom is 0.278 e. The van der Waals surface area contributed by atoms with Gasteiger partial charge in [-0.25, -0.2) is 4.98 Å². The van der Waals surface area contributed by atoms with E-state index in [4.69, 9.17) is 0 Å². The molecule has 6 heteroatoms. The van der Waals surface area contributed by atoms with E-state index in [-0.39, 0.29) is 11.5 Å². The highest BCUT2D eigenvalue weighted by atomic mass is 16.2. The predicted molar refractivity (Wildman–Crippen MR) is 138 cm³/mol. The van der Waals surface area contributed by atoms with Crippen LogP contribution in [-0.2, 0) is 4.79 Å². The summed E-state index contributed by atoms with van der Waals surface area (Å²) in [5.74, 6) is -0.314. The number of pyridine rings is 1. The molecule has 0 saturated carbocycles. The summed E-state index contributed by atoms with van der Waals surface area (Å²) < 4.78 is 1.54. The average Bonchev–Trinajstić information content (AvgIpc) is 2.89. The Labute approximate surface area is 202 Å². The van der Waals surface area contributed by atoms with Crippen LogP contribution in [0.25, 0.3) is 22.3 Å². The molecule has 0 spiro atoms. The molecule has 2 heterocycles. The number of hydrogen-bond acceptors (Lipinski definition) is 4. The van der Waals surface area contributed by atoms with Gasteiger partial charge in [0.2, 0.25) is 0 Å². The van der Waals surface area contributed by atoms with E-state index >= 15 is 0 Å². The van der Waals surface area contributed by atoms with E-state index in [1.807, 2.05) is 86.6 Å². The van der Waals surface area contributed by atoms with Crippen molar-refractivity contribution < 1.29 is 4.79 Å². The number of carbonyl (C=O) groups excluding carboxylic acids is 1. The van der Waals surface area contributed by atoms with E-state index in [1.54, 1.807) is 29.1 Å². The number of rotatable bonds is 5. The van der Waals surface area contributed by atoms with Gasteiger partial charge in [0.15, 0.2) is 0 Å². The zero-order chi connectivity index (χ0) is 24.4. The van der Waals surface area contributed by atoms with Gasteiger partial charge in [-0.3, -0.25) is 19.1 Å². The van der Waals surface area contributed by atoms with Crippen LogP contribution in [0.15, 0.2) is 102 Å². The van der Waals surface area contributed by atoms with Crippen LogP contribution in [0.4, 0.5) is 5.69 Å². The van der Waals surface area contributed by atoms with Gasteiger partial charge in [-0.1, -0.05) is 60.7 Å². The quantitative estimate of drug-likeness (QED) is 0.386. The van der Waals surface area contributed by atoms with Crippen LogP contribution in [-0.4, -0.2) is 20.4 Å². The summed E-state index contributed by atoms with van der Waals surface area (Å²) >= 11 is 0. The van der Waals surface area contributed by atoms with Gasteiger partial charge in [-0.15, -0.1) is 0 Å². The lowest BCUT2D eigenvalue weighted by molar-refractivity contribution is -0.118. The highest BCUT2D eigenvalue weighted by Gasteiger charge is 2.28. The van der Waals surface area contributed by atoms with Crippen molar-refractivity contribution in [1.29, 1.82) is 0 Å². The van der Waals surface area contributed by atoms with Crippen molar-refractivity contribution in [2.45, 2.75) is 19.9 Å². The highest BCUT2D eigenvalue weighted by Crippen LogP contribution is 2.27. The van der Waals surface area contributed by atoms with E-state index in [1.165, 1.54) is 0 Å². The van der Waals surface area contributed by atoms with Crippen LogP contribution >= 0.6 is 0 Å². The summed E-state index contributed by atoms with van der Waals surface area (Å²) in [5.41, 5.74) is 5.15. The fourth-order valence-electron chi connectivity index (χ4n) is 4.36. The predicted octanol–water partition coefficient (Wildman–Crippen LogP) is 5.30. The van der Waals surface area contributed by atoms with Gasteiger partial charge < -0.3 is 5.32 Å². The summed E-state index contributed by atoms with van der Waals surface area (Å²) in [6.07, 6.45) is 3.25. The van der Waals surface area contributed by atoms with Crippen molar-refractivity contribution in [2.24, 2.45) is 0 Å². The number of anilines is 1. The Morgan fingerprint density at radius 3 is 2.20 bits per heavy atom. The third-order valence-electron chi connectivity index (χ3n) is 6.10. The molecule has 0 radical (unpaired) electrons. The molecule has 1 N–H and O–H groups in total. The highest BCUT2D eigenvalue weighted by molar-refractivity contribution is 5.98. The van der Waals surface area contributed by atoms with Crippen molar-refractivity contribution in [3.05, 3.63) is 124 Å². The maximum atomic E-state index is 14.0. The minimum Gasteiger partial charge on any atom is -0.323 e. The molecular formula is C29H24N4O2. The van der Waals surface area contributed by atoms with Crippen molar-refractivity contribution in [2.75, 3.05) is 5.32 Å². The van der Waals surface area contributed by atoms with Gasteiger partial charge in [-0.2, -0.15) is 0 Å². The first-order chi connectivity index (χ1) is 17.0. The number of carbonyl (C=O) groups is 1. The summed E-state index contributed by atoms with van der Waals surface area (Å²) in [6, 6.07) is 25.1. The molecule has 5 aromatic rings. The molecule has 0 fully saturated rings. The summed E-state index contributed by atoms with van der Waals surface area (Å²) in [6.45, 7) is 3.90.